The molecule has 0 N–H and O–H groups in total. The van der Waals surface area contributed by atoms with Crippen LogP contribution in [0.2, 0.25) is 0 Å². The fourth-order valence-corrected chi connectivity index (χ4v) is 11.8. The van der Waals surface area contributed by atoms with E-state index < -0.39 is 0 Å². The lowest BCUT2D eigenvalue weighted by molar-refractivity contribution is 0.668. The normalized spacial score (nSPS) is 12.4. The lowest BCUT2D eigenvalue weighted by atomic mass is 9.84. The molecule has 16 rings (SSSR count). The second-order valence-electron chi connectivity index (χ2n) is 18.1. The van der Waals surface area contributed by atoms with Crippen LogP contribution in [0.3, 0.4) is 0 Å². The van der Waals surface area contributed by atoms with Crippen molar-refractivity contribution in [3.63, 3.8) is 0 Å². The van der Waals surface area contributed by atoms with Gasteiger partial charge in [0.05, 0.1) is 0 Å². The predicted octanol–water partition coefficient (Wildman–Crippen LogP) is 18.9. The summed E-state index contributed by atoms with van der Waals surface area (Å²) in [5.41, 5.74) is 13.7. The number of fused-ring (bicyclic) bond motifs is 20. The zero-order valence-corrected chi connectivity index (χ0v) is 36.3. The van der Waals surface area contributed by atoms with Gasteiger partial charge in [-0.1, -0.05) is 158 Å². The van der Waals surface area contributed by atoms with Crippen molar-refractivity contribution in [2.24, 2.45) is 0 Å². The van der Waals surface area contributed by atoms with Gasteiger partial charge in [0.1, 0.15) is 44.7 Å². The molecule has 4 aromatic heterocycles. The lowest BCUT2D eigenvalue weighted by Gasteiger charge is -2.19. The van der Waals surface area contributed by atoms with Crippen LogP contribution < -0.4 is 0 Å². The van der Waals surface area contributed by atoms with Gasteiger partial charge in [-0.3, -0.25) is 0 Å². The van der Waals surface area contributed by atoms with Crippen LogP contribution in [0.5, 0.6) is 0 Å². The number of rotatable bonds is 3. The minimum absolute atomic E-state index is 0.862. The van der Waals surface area contributed by atoms with E-state index in [9.17, 15) is 0 Å². The van der Waals surface area contributed by atoms with Crippen LogP contribution >= 0.6 is 0 Å². The van der Waals surface area contributed by atoms with Crippen molar-refractivity contribution in [3.05, 3.63) is 206 Å². The number of furan rings is 4. The van der Waals surface area contributed by atoms with Crippen LogP contribution in [0, 0.1) is 0 Å². The summed E-state index contributed by atoms with van der Waals surface area (Å²) in [7, 11) is 0. The van der Waals surface area contributed by atoms with Crippen molar-refractivity contribution in [1.29, 1.82) is 0 Å². The summed E-state index contributed by atoms with van der Waals surface area (Å²) in [6, 6.07) is 73.5. The van der Waals surface area contributed by atoms with E-state index in [1.807, 2.05) is 24.3 Å². The first kappa shape index (κ1) is 36.1. The maximum Gasteiger partial charge on any atom is 0.143 e. The van der Waals surface area contributed by atoms with Crippen molar-refractivity contribution in [1.82, 2.24) is 0 Å². The Labute approximate surface area is 386 Å². The van der Waals surface area contributed by atoms with Gasteiger partial charge in [-0.25, -0.2) is 0 Å². The van der Waals surface area contributed by atoms with Gasteiger partial charge in [-0.15, -0.1) is 0 Å². The minimum atomic E-state index is 0.862. The van der Waals surface area contributed by atoms with E-state index in [4.69, 9.17) is 17.7 Å². The molecule has 0 saturated carbocycles. The molecule has 12 aromatic carbocycles. The Kier molecular flexibility index (Phi) is 7.04. The molecule has 0 unspecified atom stereocenters. The summed E-state index contributed by atoms with van der Waals surface area (Å²) in [4.78, 5) is 0. The first-order valence-corrected chi connectivity index (χ1v) is 23.1. The Morgan fingerprint density at radius 2 is 0.574 bits per heavy atom. The first-order chi connectivity index (χ1) is 33.7. The number of para-hydroxylation sites is 4. The van der Waals surface area contributed by atoms with Crippen LogP contribution in [0.4, 0.5) is 0 Å². The molecule has 0 aliphatic carbocycles. The van der Waals surface area contributed by atoms with Gasteiger partial charge in [0, 0.05) is 70.6 Å². The molecule has 68 heavy (non-hydrogen) atoms. The number of benzene rings is 12. The fourth-order valence-electron chi connectivity index (χ4n) is 11.8. The van der Waals surface area contributed by atoms with E-state index in [1.165, 1.54) is 16.3 Å². The Morgan fingerprint density at radius 3 is 1.04 bits per heavy atom. The van der Waals surface area contributed by atoms with Gasteiger partial charge < -0.3 is 17.7 Å². The highest BCUT2D eigenvalue weighted by molar-refractivity contribution is 6.35. The summed E-state index contributed by atoms with van der Waals surface area (Å²) >= 11 is 0. The standard InChI is InChI=1S/C64H34O4/c1-3-15-41-39(13-1)55(36-27-25-35(26-28-36)47-33-37-29-31-53-59(43-17-5-9-21-49(43)65-53)56(37)61-45-19-7-11-23-51(45)67-63(47)61)40-14-2-4-16-42(40)58(41)48-34-38-30-32-54-60(44-18-6-10-22-50(44)66-54)57(38)62-46-20-8-12-24-52(46)68-64(48)62/h1-34H. The van der Waals surface area contributed by atoms with E-state index in [-0.39, 0.29) is 0 Å². The van der Waals surface area contributed by atoms with Gasteiger partial charge in [0.25, 0.3) is 0 Å². The Morgan fingerprint density at radius 1 is 0.221 bits per heavy atom. The van der Waals surface area contributed by atoms with Crippen molar-refractivity contribution in [2.45, 2.75) is 0 Å². The zero-order valence-electron chi connectivity index (χ0n) is 36.3. The summed E-state index contributed by atoms with van der Waals surface area (Å²) in [5, 5.41) is 18.1. The summed E-state index contributed by atoms with van der Waals surface area (Å²) in [5.74, 6) is 0. The average Bonchev–Trinajstić information content (AvgIpc) is 4.18. The second kappa shape index (κ2) is 13.3. The molecule has 0 fully saturated rings. The SMILES string of the molecule is c1ccc2c(c1)oc1ccc3cc(-c4ccc(-c5c6ccccc6c(-c6cc7ccc8oc9ccccc9c8c7c7c6oc6ccccc67)c6ccccc56)cc4)c4oc5ccccc5c4c3c12. The summed E-state index contributed by atoms with van der Waals surface area (Å²) in [6.45, 7) is 0. The van der Waals surface area contributed by atoms with Crippen molar-refractivity contribution in [2.75, 3.05) is 0 Å². The molecule has 0 atom stereocenters. The molecule has 0 saturated heterocycles. The molecule has 0 bridgehead atoms. The molecule has 0 spiro atoms. The third-order valence-electron chi connectivity index (χ3n) is 14.6. The first-order valence-electron chi connectivity index (χ1n) is 23.1. The average molecular weight is 867 g/mol. The predicted molar refractivity (Wildman–Crippen MR) is 282 cm³/mol. The van der Waals surface area contributed by atoms with Crippen LogP contribution in [-0.4, -0.2) is 0 Å². The lowest BCUT2D eigenvalue weighted by Crippen LogP contribution is -1.92. The van der Waals surface area contributed by atoms with Crippen LogP contribution in [-0.2, 0) is 0 Å². The molecule has 0 aliphatic rings. The van der Waals surface area contributed by atoms with Crippen LogP contribution in [0.15, 0.2) is 224 Å². The minimum Gasteiger partial charge on any atom is -0.456 e. The quantitative estimate of drug-likeness (QED) is 0.166. The Balaban J connectivity index is 0.933. The zero-order chi connectivity index (χ0) is 44.2. The maximum atomic E-state index is 7.02. The maximum absolute atomic E-state index is 7.02. The molecule has 4 heterocycles. The number of hydrogen-bond acceptors (Lipinski definition) is 4. The number of hydrogen-bond donors (Lipinski definition) is 0. The van der Waals surface area contributed by atoms with Gasteiger partial charge >= 0.3 is 0 Å². The summed E-state index contributed by atoms with van der Waals surface area (Å²) in [6.07, 6.45) is 0. The van der Waals surface area contributed by atoms with Gasteiger partial charge in [0.15, 0.2) is 0 Å². The van der Waals surface area contributed by atoms with Gasteiger partial charge in [0.2, 0.25) is 0 Å². The van der Waals surface area contributed by atoms with Crippen molar-refractivity contribution >= 4 is 131 Å². The Bertz CT molecular complexity index is 4790. The van der Waals surface area contributed by atoms with Crippen molar-refractivity contribution < 1.29 is 17.7 Å². The third kappa shape index (κ3) is 4.77. The van der Waals surface area contributed by atoms with Crippen molar-refractivity contribution in [3.8, 4) is 33.4 Å². The highest BCUT2D eigenvalue weighted by Gasteiger charge is 2.25. The van der Waals surface area contributed by atoms with E-state index in [0.29, 0.717) is 0 Å². The van der Waals surface area contributed by atoms with E-state index in [1.54, 1.807) is 0 Å². The molecular formula is C64H34O4. The summed E-state index contributed by atoms with van der Waals surface area (Å²) < 4.78 is 26.7. The molecule has 4 nitrogen and oxygen atoms in total. The molecule has 0 aliphatic heterocycles. The van der Waals surface area contributed by atoms with Gasteiger partial charge in [-0.2, -0.15) is 0 Å². The molecule has 16 aromatic rings. The molecular weight excluding hydrogens is 833 g/mol. The fraction of sp³-hybridized carbons (Fsp3) is 0. The monoisotopic (exact) mass is 866 g/mol. The van der Waals surface area contributed by atoms with Crippen LogP contribution in [0.1, 0.15) is 0 Å². The third-order valence-corrected chi connectivity index (χ3v) is 14.6. The molecule has 0 amide bonds. The van der Waals surface area contributed by atoms with Gasteiger partial charge in [-0.05, 0) is 97.5 Å². The topological polar surface area (TPSA) is 52.6 Å². The molecule has 4 heteroatoms. The second-order valence-corrected chi connectivity index (χ2v) is 18.1. The highest BCUT2D eigenvalue weighted by atomic mass is 16.3. The van der Waals surface area contributed by atoms with E-state index in [0.717, 1.165) is 148 Å². The molecule has 314 valence electrons. The van der Waals surface area contributed by atoms with Crippen LogP contribution in [0.25, 0.3) is 164 Å². The van der Waals surface area contributed by atoms with E-state index in [2.05, 4.69) is 182 Å². The molecule has 0 radical (unpaired) electrons. The Hall–Kier alpha value is -9.12. The largest absolute Gasteiger partial charge is 0.456 e. The van der Waals surface area contributed by atoms with E-state index >= 15 is 0 Å². The highest BCUT2D eigenvalue weighted by Crippen LogP contribution is 2.51. The smallest absolute Gasteiger partial charge is 0.143 e.